The molecule has 4 aromatic rings. The Balaban J connectivity index is 1.41. The predicted molar refractivity (Wildman–Crippen MR) is 149 cm³/mol. The van der Waals surface area contributed by atoms with Crippen LogP contribution < -0.4 is 4.74 Å². The third kappa shape index (κ3) is 5.71. The average molecular weight is 558 g/mol. The number of H-pyrrole nitrogens is 1. The summed E-state index contributed by atoms with van der Waals surface area (Å²) < 4.78 is 32.2. The lowest BCUT2D eigenvalue weighted by Crippen LogP contribution is -2.55. The molecule has 10 heteroatoms. The van der Waals surface area contributed by atoms with E-state index in [1.807, 2.05) is 37.3 Å². The van der Waals surface area contributed by atoms with Crippen LogP contribution in [0.25, 0.3) is 22.6 Å². The SMILES string of the molecule is CC1COC(C(=O)N2CCCCC2)(c2nc(-c3ccc(F)cc3)c(-c3ccnc(OCc4ccccc4)n3)[nH]2)OC1. The van der Waals surface area contributed by atoms with Crippen LogP contribution in [0.1, 0.15) is 37.6 Å². The number of halogens is 1. The van der Waals surface area contributed by atoms with Crippen LogP contribution in [0.5, 0.6) is 6.01 Å². The van der Waals surface area contributed by atoms with Crippen LogP contribution in [-0.4, -0.2) is 57.0 Å². The van der Waals surface area contributed by atoms with Crippen molar-refractivity contribution < 1.29 is 23.4 Å². The molecule has 4 heterocycles. The summed E-state index contributed by atoms with van der Waals surface area (Å²) in [7, 11) is 0. The van der Waals surface area contributed by atoms with Crippen molar-refractivity contribution in [1.82, 2.24) is 24.8 Å². The Labute approximate surface area is 237 Å². The van der Waals surface area contributed by atoms with Gasteiger partial charge in [0.15, 0.2) is 5.82 Å². The highest BCUT2D eigenvalue weighted by Crippen LogP contribution is 2.38. The molecule has 1 amide bonds. The highest BCUT2D eigenvalue weighted by Gasteiger charge is 2.51. The molecule has 0 radical (unpaired) electrons. The molecule has 41 heavy (non-hydrogen) atoms. The number of nitrogens with one attached hydrogen (secondary N) is 1. The number of hydrogen-bond acceptors (Lipinski definition) is 7. The molecule has 0 spiro atoms. The largest absolute Gasteiger partial charge is 0.459 e. The van der Waals surface area contributed by atoms with Crippen molar-refractivity contribution in [3.05, 3.63) is 84.1 Å². The fourth-order valence-corrected chi connectivity index (χ4v) is 5.08. The molecule has 6 rings (SSSR count). The Kier molecular flexibility index (Phi) is 7.76. The van der Waals surface area contributed by atoms with Gasteiger partial charge in [-0.3, -0.25) is 4.79 Å². The number of hydrogen-bond donors (Lipinski definition) is 1. The zero-order valence-electron chi connectivity index (χ0n) is 22.9. The molecule has 212 valence electrons. The van der Waals surface area contributed by atoms with Gasteiger partial charge in [0.2, 0.25) is 0 Å². The van der Waals surface area contributed by atoms with Gasteiger partial charge < -0.3 is 24.1 Å². The second kappa shape index (κ2) is 11.8. The van der Waals surface area contributed by atoms with Gasteiger partial charge in [-0.1, -0.05) is 37.3 Å². The van der Waals surface area contributed by atoms with Gasteiger partial charge in [0.1, 0.15) is 12.4 Å². The molecule has 0 aliphatic carbocycles. The van der Waals surface area contributed by atoms with E-state index in [1.165, 1.54) is 12.1 Å². The third-order valence-corrected chi connectivity index (χ3v) is 7.30. The summed E-state index contributed by atoms with van der Waals surface area (Å²) in [6.45, 7) is 4.25. The number of piperidine rings is 1. The van der Waals surface area contributed by atoms with Gasteiger partial charge in [0.05, 0.1) is 30.3 Å². The Morgan fingerprint density at radius 2 is 1.76 bits per heavy atom. The monoisotopic (exact) mass is 557 g/mol. The number of aromatic amines is 1. The molecular formula is C31H32FN5O4. The number of aromatic nitrogens is 4. The summed E-state index contributed by atoms with van der Waals surface area (Å²) in [4.78, 5) is 32.9. The third-order valence-electron chi connectivity index (χ3n) is 7.30. The first-order valence-corrected chi connectivity index (χ1v) is 14.0. The smallest absolute Gasteiger partial charge is 0.317 e. The zero-order valence-corrected chi connectivity index (χ0v) is 22.9. The van der Waals surface area contributed by atoms with Gasteiger partial charge in [-0.2, -0.15) is 4.98 Å². The standard InChI is InChI=1S/C31H32FN5O4/c1-21-18-40-31(41-19-21,29(38)37-16-6-3-7-17-37)28-35-26(23-10-12-24(32)13-11-23)27(36-28)25-14-15-33-30(34-25)39-20-22-8-4-2-5-9-22/h2,4-5,8-15,21H,3,6-7,16-20H2,1H3,(H,35,36). The molecule has 0 unspecified atom stereocenters. The molecule has 2 aliphatic rings. The van der Waals surface area contributed by atoms with E-state index < -0.39 is 5.79 Å². The van der Waals surface area contributed by atoms with Crippen LogP contribution in [0.3, 0.4) is 0 Å². The lowest BCUT2D eigenvalue weighted by Gasteiger charge is -2.40. The number of ether oxygens (including phenoxy) is 3. The molecule has 2 aromatic heterocycles. The molecule has 0 bridgehead atoms. The van der Waals surface area contributed by atoms with Crippen molar-refractivity contribution in [3.8, 4) is 28.7 Å². The van der Waals surface area contributed by atoms with E-state index in [0.29, 0.717) is 55.6 Å². The molecule has 2 saturated heterocycles. The zero-order chi connectivity index (χ0) is 28.2. The highest BCUT2D eigenvalue weighted by atomic mass is 19.1. The topological polar surface area (TPSA) is 102 Å². The number of imidazole rings is 1. The summed E-state index contributed by atoms with van der Waals surface area (Å²) in [6.07, 6.45) is 4.53. The Hall–Kier alpha value is -4.15. The van der Waals surface area contributed by atoms with Crippen molar-refractivity contribution in [2.24, 2.45) is 5.92 Å². The predicted octanol–water partition coefficient (Wildman–Crippen LogP) is 5.10. The van der Waals surface area contributed by atoms with Crippen LogP contribution in [0.2, 0.25) is 0 Å². The maximum absolute atomic E-state index is 14.0. The van der Waals surface area contributed by atoms with Gasteiger partial charge in [-0.05, 0) is 55.2 Å². The van der Waals surface area contributed by atoms with Crippen molar-refractivity contribution in [2.45, 2.75) is 38.6 Å². The second-order valence-electron chi connectivity index (χ2n) is 10.5. The quantitative estimate of drug-likeness (QED) is 0.337. The van der Waals surface area contributed by atoms with Gasteiger partial charge in [0.25, 0.3) is 5.91 Å². The lowest BCUT2D eigenvalue weighted by molar-refractivity contribution is -0.283. The van der Waals surface area contributed by atoms with Crippen molar-refractivity contribution in [3.63, 3.8) is 0 Å². The van der Waals surface area contributed by atoms with E-state index in [2.05, 4.69) is 15.0 Å². The number of likely N-dealkylation sites (tertiary alicyclic amines) is 1. The van der Waals surface area contributed by atoms with Crippen LogP contribution in [0.15, 0.2) is 66.9 Å². The maximum atomic E-state index is 14.0. The van der Waals surface area contributed by atoms with Gasteiger partial charge >= 0.3 is 11.8 Å². The number of amides is 1. The van der Waals surface area contributed by atoms with Crippen molar-refractivity contribution in [1.29, 1.82) is 0 Å². The number of nitrogens with zero attached hydrogens (tertiary/aromatic N) is 4. The summed E-state index contributed by atoms with van der Waals surface area (Å²) >= 11 is 0. The number of benzene rings is 2. The minimum absolute atomic E-state index is 0.120. The number of rotatable bonds is 7. The number of carbonyl (C=O) groups excluding carboxylic acids is 1. The Morgan fingerprint density at radius 3 is 2.49 bits per heavy atom. The van der Waals surface area contributed by atoms with Crippen LogP contribution in [0.4, 0.5) is 4.39 Å². The first kappa shape index (κ1) is 27.0. The van der Waals surface area contributed by atoms with Gasteiger partial charge in [0, 0.05) is 30.8 Å². The lowest BCUT2D eigenvalue weighted by atomic mass is 10.1. The number of carbonyl (C=O) groups is 1. The van der Waals surface area contributed by atoms with Crippen LogP contribution in [0, 0.1) is 11.7 Å². The summed E-state index contributed by atoms with van der Waals surface area (Å²) in [5, 5.41) is 0. The molecule has 2 fully saturated rings. The molecule has 9 nitrogen and oxygen atoms in total. The molecule has 2 aromatic carbocycles. The fraction of sp³-hybridized carbons (Fsp3) is 0.355. The Morgan fingerprint density at radius 1 is 1.02 bits per heavy atom. The fourth-order valence-electron chi connectivity index (χ4n) is 5.08. The maximum Gasteiger partial charge on any atom is 0.317 e. The minimum atomic E-state index is -1.73. The van der Waals surface area contributed by atoms with E-state index >= 15 is 0 Å². The summed E-state index contributed by atoms with van der Waals surface area (Å²) in [6, 6.07) is 17.7. The van der Waals surface area contributed by atoms with Crippen LogP contribution >= 0.6 is 0 Å². The van der Waals surface area contributed by atoms with E-state index in [0.717, 1.165) is 24.8 Å². The van der Waals surface area contributed by atoms with Crippen molar-refractivity contribution >= 4 is 5.91 Å². The van der Waals surface area contributed by atoms with E-state index in [1.54, 1.807) is 29.3 Å². The second-order valence-corrected chi connectivity index (χ2v) is 10.5. The van der Waals surface area contributed by atoms with Gasteiger partial charge in [-0.25, -0.2) is 14.4 Å². The minimum Gasteiger partial charge on any atom is -0.459 e. The molecule has 1 N–H and O–H groups in total. The summed E-state index contributed by atoms with van der Waals surface area (Å²) in [5.74, 6) is -2.02. The molecule has 0 saturated carbocycles. The molecule has 2 aliphatic heterocycles. The first-order valence-electron chi connectivity index (χ1n) is 14.0. The summed E-state index contributed by atoms with van der Waals surface area (Å²) in [5.41, 5.74) is 3.10. The van der Waals surface area contributed by atoms with Crippen LogP contribution in [-0.2, 0) is 26.7 Å². The van der Waals surface area contributed by atoms with Gasteiger partial charge in [-0.15, -0.1) is 0 Å². The average Bonchev–Trinajstić information content (AvgIpc) is 3.48. The molecule has 0 atom stereocenters. The van der Waals surface area contributed by atoms with E-state index in [-0.39, 0.29) is 29.5 Å². The molecular weight excluding hydrogens is 525 g/mol. The Bertz CT molecular complexity index is 1480. The van der Waals surface area contributed by atoms with Crippen molar-refractivity contribution in [2.75, 3.05) is 26.3 Å². The van der Waals surface area contributed by atoms with E-state index in [4.69, 9.17) is 19.2 Å². The highest BCUT2D eigenvalue weighted by molar-refractivity contribution is 5.86. The normalized spacial score (nSPS) is 21.0. The first-order chi connectivity index (χ1) is 20.0. The van der Waals surface area contributed by atoms with E-state index in [9.17, 15) is 9.18 Å².